The van der Waals surface area contributed by atoms with E-state index < -0.39 is 46.6 Å². The molecule has 0 bridgehead atoms. The Balaban J connectivity index is 3.44. The molecule has 0 heterocycles. The second-order valence-electron chi connectivity index (χ2n) is 4.23. The van der Waals surface area contributed by atoms with Gasteiger partial charge in [-0.15, -0.1) is 0 Å². The number of alkyl halides is 3. The SMILES string of the molecule is COC(=O)/C=C(/Nc1cc(F)cc(C(F)(F)F)c1OC)C(=O)OC. The van der Waals surface area contributed by atoms with Gasteiger partial charge in [-0.05, 0) is 6.07 Å². The van der Waals surface area contributed by atoms with Crippen molar-refractivity contribution >= 4 is 17.6 Å². The first-order chi connectivity index (χ1) is 11.1. The van der Waals surface area contributed by atoms with Crippen LogP contribution in [0, 0.1) is 5.82 Å². The molecule has 0 saturated carbocycles. The molecule has 1 aromatic rings. The van der Waals surface area contributed by atoms with E-state index >= 15 is 0 Å². The van der Waals surface area contributed by atoms with Gasteiger partial charge >= 0.3 is 18.1 Å². The van der Waals surface area contributed by atoms with E-state index in [4.69, 9.17) is 0 Å². The molecule has 0 aliphatic carbocycles. The van der Waals surface area contributed by atoms with Gasteiger partial charge in [0.05, 0.1) is 33.1 Å². The van der Waals surface area contributed by atoms with Crippen molar-refractivity contribution in [2.24, 2.45) is 0 Å². The van der Waals surface area contributed by atoms with Crippen LogP contribution in [0.3, 0.4) is 0 Å². The number of hydrogen-bond acceptors (Lipinski definition) is 6. The molecule has 0 aromatic heterocycles. The number of ether oxygens (including phenoxy) is 3. The molecule has 0 aliphatic heterocycles. The summed E-state index contributed by atoms with van der Waals surface area (Å²) in [6.45, 7) is 0. The molecule has 0 radical (unpaired) electrons. The number of carbonyl (C=O) groups excluding carboxylic acids is 2. The molecule has 1 N–H and O–H groups in total. The quantitative estimate of drug-likeness (QED) is 0.499. The second-order valence-corrected chi connectivity index (χ2v) is 4.23. The van der Waals surface area contributed by atoms with E-state index in [0.29, 0.717) is 12.1 Å². The Bertz CT molecular complexity index is 670. The van der Waals surface area contributed by atoms with Crippen molar-refractivity contribution in [3.05, 3.63) is 35.3 Å². The largest absolute Gasteiger partial charge is 0.494 e. The molecule has 0 saturated heterocycles. The van der Waals surface area contributed by atoms with Crippen LogP contribution in [0.15, 0.2) is 23.9 Å². The van der Waals surface area contributed by atoms with Gasteiger partial charge in [0.25, 0.3) is 0 Å². The molecule has 0 aliphatic rings. The van der Waals surface area contributed by atoms with Gasteiger partial charge in [-0.2, -0.15) is 13.2 Å². The van der Waals surface area contributed by atoms with Crippen molar-refractivity contribution in [1.82, 2.24) is 0 Å². The second kappa shape index (κ2) is 7.66. The highest BCUT2D eigenvalue weighted by molar-refractivity contribution is 5.99. The Kier molecular flexibility index (Phi) is 6.15. The van der Waals surface area contributed by atoms with E-state index in [9.17, 15) is 27.2 Å². The number of methoxy groups -OCH3 is 3. The highest BCUT2D eigenvalue weighted by Gasteiger charge is 2.36. The van der Waals surface area contributed by atoms with E-state index in [1.807, 2.05) is 0 Å². The van der Waals surface area contributed by atoms with E-state index in [1.165, 1.54) is 0 Å². The van der Waals surface area contributed by atoms with Crippen LogP contribution in [0.1, 0.15) is 5.56 Å². The number of benzene rings is 1. The molecular weight excluding hydrogens is 338 g/mol. The average molecular weight is 351 g/mol. The van der Waals surface area contributed by atoms with Crippen LogP contribution in [0.4, 0.5) is 23.2 Å². The minimum atomic E-state index is -4.90. The van der Waals surface area contributed by atoms with Crippen LogP contribution < -0.4 is 10.1 Å². The van der Waals surface area contributed by atoms with Crippen molar-refractivity contribution in [3.8, 4) is 5.75 Å². The minimum absolute atomic E-state index is 0.242. The standard InChI is InChI=1S/C14H13F4NO5/c1-22-11(20)6-10(13(21)24-3)19-9-5-7(15)4-8(12(9)23-2)14(16,17)18/h4-6,19H,1-3H3/b10-6+. The van der Waals surface area contributed by atoms with Gasteiger partial charge in [0, 0.05) is 6.07 Å². The lowest BCUT2D eigenvalue weighted by molar-refractivity contribution is -0.139. The molecule has 24 heavy (non-hydrogen) atoms. The lowest BCUT2D eigenvalue weighted by Crippen LogP contribution is -2.17. The highest BCUT2D eigenvalue weighted by Crippen LogP contribution is 2.41. The molecule has 0 unspecified atom stereocenters. The maximum atomic E-state index is 13.5. The average Bonchev–Trinajstić information content (AvgIpc) is 2.51. The lowest BCUT2D eigenvalue weighted by atomic mass is 10.1. The van der Waals surface area contributed by atoms with Crippen molar-refractivity contribution in [3.63, 3.8) is 0 Å². The summed E-state index contributed by atoms with van der Waals surface area (Å²) in [5, 5.41) is 2.19. The predicted octanol–water partition coefficient (Wildman–Crippen LogP) is 2.49. The Labute approximate surface area is 134 Å². The van der Waals surface area contributed by atoms with Crippen molar-refractivity contribution in [2.75, 3.05) is 26.6 Å². The first-order valence-electron chi connectivity index (χ1n) is 6.23. The predicted molar refractivity (Wildman–Crippen MR) is 73.7 cm³/mol. The summed E-state index contributed by atoms with van der Waals surface area (Å²) in [5.74, 6) is -4.05. The Hall–Kier alpha value is -2.78. The summed E-state index contributed by atoms with van der Waals surface area (Å²) in [6.07, 6.45) is -4.26. The molecule has 0 amide bonds. The molecule has 132 valence electrons. The highest BCUT2D eigenvalue weighted by atomic mass is 19.4. The maximum Gasteiger partial charge on any atom is 0.420 e. The van der Waals surface area contributed by atoms with Crippen LogP contribution in [0.5, 0.6) is 5.75 Å². The zero-order valence-corrected chi connectivity index (χ0v) is 12.8. The summed E-state index contributed by atoms with van der Waals surface area (Å²) >= 11 is 0. The number of carbonyl (C=O) groups is 2. The van der Waals surface area contributed by atoms with Gasteiger partial charge in [-0.1, -0.05) is 0 Å². The van der Waals surface area contributed by atoms with Gasteiger partial charge in [0.15, 0.2) is 5.75 Å². The van der Waals surface area contributed by atoms with Crippen molar-refractivity contribution < 1.29 is 41.4 Å². The van der Waals surface area contributed by atoms with Crippen LogP contribution in [-0.2, 0) is 25.2 Å². The number of nitrogens with one attached hydrogen (secondary N) is 1. The third kappa shape index (κ3) is 4.61. The van der Waals surface area contributed by atoms with Gasteiger partial charge in [-0.25, -0.2) is 14.0 Å². The molecule has 1 aromatic carbocycles. The fourth-order valence-electron chi connectivity index (χ4n) is 1.69. The monoisotopic (exact) mass is 351 g/mol. The van der Waals surface area contributed by atoms with Gasteiger partial charge in [0.1, 0.15) is 17.1 Å². The van der Waals surface area contributed by atoms with E-state index in [2.05, 4.69) is 19.5 Å². The molecule has 0 atom stereocenters. The van der Waals surface area contributed by atoms with Crippen LogP contribution >= 0.6 is 0 Å². The third-order valence-electron chi connectivity index (χ3n) is 2.70. The summed E-state index contributed by atoms with van der Waals surface area (Å²) in [5.41, 5.74) is -2.48. The number of halogens is 4. The summed E-state index contributed by atoms with van der Waals surface area (Å²) in [4.78, 5) is 22.9. The number of rotatable bonds is 5. The molecule has 0 spiro atoms. The zero-order chi connectivity index (χ0) is 18.5. The van der Waals surface area contributed by atoms with E-state index in [0.717, 1.165) is 21.3 Å². The van der Waals surface area contributed by atoms with Crippen LogP contribution in [0.25, 0.3) is 0 Å². The Morgan fingerprint density at radius 1 is 1.12 bits per heavy atom. The summed E-state index contributed by atoms with van der Waals surface area (Å²) in [6, 6.07) is 0.911. The van der Waals surface area contributed by atoms with Gasteiger partial charge < -0.3 is 19.5 Å². The van der Waals surface area contributed by atoms with Crippen molar-refractivity contribution in [2.45, 2.75) is 6.18 Å². The van der Waals surface area contributed by atoms with E-state index in [1.54, 1.807) is 0 Å². The molecule has 6 nitrogen and oxygen atoms in total. The van der Waals surface area contributed by atoms with Gasteiger partial charge in [-0.3, -0.25) is 0 Å². The zero-order valence-electron chi connectivity index (χ0n) is 12.8. The molecule has 10 heteroatoms. The number of esters is 2. The third-order valence-corrected chi connectivity index (χ3v) is 2.70. The summed E-state index contributed by atoms with van der Waals surface area (Å²) in [7, 11) is 2.95. The lowest BCUT2D eigenvalue weighted by Gasteiger charge is -2.17. The van der Waals surface area contributed by atoms with E-state index in [-0.39, 0.29) is 6.07 Å². The number of anilines is 1. The van der Waals surface area contributed by atoms with Gasteiger partial charge in [0.2, 0.25) is 0 Å². The maximum absolute atomic E-state index is 13.5. The summed E-state index contributed by atoms with van der Waals surface area (Å²) < 4.78 is 65.8. The minimum Gasteiger partial charge on any atom is -0.494 e. The fourth-order valence-corrected chi connectivity index (χ4v) is 1.69. The van der Waals surface area contributed by atoms with Crippen LogP contribution in [0.2, 0.25) is 0 Å². The fraction of sp³-hybridized carbons (Fsp3) is 0.286. The number of hydrogen-bond donors (Lipinski definition) is 1. The first-order valence-corrected chi connectivity index (χ1v) is 6.23. The Morgan fingerprint density at radius 2 is 1.75 bits per heavy atom. The molecule has 0 fully saturated rings. The first kappa shape index (κ1) is 19.3. The van der Waals surface area contributed by atoms with Crippen LogP contribution in [-0.4, -0.2) is 33.3 Å². The topological polar surface area (TPSA) is 73.9 Å². The van der Waals surface area contributed by atoms with Crippen molar-refractivity contribution in [1.29, 1.82) is 0 Å². The normalized spacial score (nSPS) is 11.7. The molecular formula is C14H13F4NO5. The Morgan fingerprint density at radius 3 is 2.21 bits per heavy atom. The molecule has 1 rings (SSSR count). The smallest absolute Gasteiger partial charge is 0.420 e.